The summed E-state index contributed by atoms with van der Waals surface area (Å²) < 4.78 is 0. The van der Waals surface area contributed by atoms with Crippen molar-refractivity contribution in [1.29, 1.82) is 0 Å². The van der Waals surface area contributed by atoms with Gasteiger partial charge in [0.25, 0.3) is 0 Å². The molecule has 0 aliphatic carbocycles. The van der Waals surface area contributed by atoms with Crippen LogP contribution in [0, 0.1) is 20.2 Å². The number of nitro groups is 2. The van der Waals surface area contributed by atoms with Gasteiger partial charge in [0.15, 0.2) is 5.82 Å². The molecule has 1 aromatic rings. The quantitative estimate of drug-likeness (QED) is 0.400. The lowest BCUT2D eigenvalue weighted by Gasteiger charge is -2.22. The lowest BCUT2D eigenvalue weighted by atomic mass is 10.00. The van der Waals surface area contributed by atoms with E-state index in [4.69, 9.17) is 17.2 Å². The smallest absolute Gasteiger partial charge is 0.310 e. The molecule has 0 bridgehead atoms. The average Bonchev–Trinajstić information content (AvgIpc) is 2.27. The highest BCUT2D eigenvalue weighted by Crippen LogP contribution is 2.39. The Hall–Kier alpha value is -2.95. The van der Waals surface area contributed by atoms with Crippen molar-refractivity contribution < 1.29 is 9.85 Å². The van der Waals surface area contributed by atoms with E-state index in [2.05, 4.69) is 10.3 Å². The van der Waals surface area contributed by atoms with E-state index in [0.29, 0.717) is 0 Å². The minimum atomic E-state index is -1.29. The van der Waals surface area contributed by atoms with Gasteiger partial charge in [-0.05, 0) is 0 Å². The van der Waals surface area contributed by atoms with Crippen molar-refractivity contribution in [3.63, 3.8) is 0 Å². The highest BCUT2D eigenvalue weighted by molar-refractivity contribution is 5.73. The summed E-state index contributed by atoms with van der Waals surface area (Å²) >= 11 is 0. The minimum absolute atomic E-state index is 0.0184. The molecular formula is C8H9N7O4. The van der Waals surface area contributed by atoms with Crippen molar-refractivity contribution in [2.75, 3.05) is 11.1 Å². The summed E-state index contributed by atoms with van der Waals surface area (Å²) in [6.07, 6.45) is 0.929. The molecule has 0 spiro atoms. The summed E-state index contributed by atoms with van der Waals surface area (Å²) in [4.78, 5) is 23.8. The van der Waals surface area contributed by atoms with Crippen LogP contribution in [0.3, 0.4) is 0 Å². The number of pyridine rings is 1. The monoisotopic (exact) mass is 267 g/mol. The summed E-state index contributed by atoms with van der Waals surface area (Å²) in [7, 11) is 0. The lowest BCUT2D eigenvalue weighted by Crippen LogP contribution is -2.32. The van der Waals surface area contributed by atoms with Gasteiger partial charge in [0, 0.05) is 0 Å². The van der Waals surface area contributed by atoms with Crippen LogP contribution in [-0.2, 0) is 0 Å². The molecule has 19 heavy (non-hydrogen) atoms. The fourth-order valence-corrected chi connectivity index (χ4v) is 1.80. The first-order valence-electron chi connectivity index (χ1n) is 4.94. The van der Waals surface area contributed by atoms with E-state index in [0.717, 1.165) is 6.20 Å². The zero-order chi connectivity index (χ0) is 14.3. The van der Waals surface area contributed by atoms with Gasteiger partial charge in [0.2, 0.25) is 0 Å². The van der Waals surface area contributed by atoms with Crippen LogP contribution in [0.2, 0.25) is 0 Å². The molecule has 0 aromatic carbocycles. The first-order chi connectivity index (χ1) is 8.84. The highest BCUT2D eigenvalue weighted by Gasteiger charge is 2.37. The van der Waals surface area contributed by atoms with Gasteiger partial charge in [0.05, 0.1) is 15.4 Å². The molecule has 11 heteroatoms. The number of fused-ring (bicyclic) bond motifs is 1. The second kappa shape index (κ2) is 4.06. The molecule has 0 radical (unpaired) electrons. The van der Waals surface area contributed by atoms with Crippen molar-refractivity contribution in [3.8, 4) is 0 Å². The fraction of sp³-hybridized carbons (Fsp3) is 0.125. The molecule has 11 nitrogen and oxygen atoms in total. The van der Waals surface area contributed by atoms with E-state index < -0.39 is 27.3 Å². The Balaban J connectivity index is 2.65. The average molecular weight is 267 g/mol. The molecule has 7 N–H and O–H groups in total. The number of hydrogen-bond acceptors (Lipinski definition) is 9. The number of rotatable bonds is 2. The summed E-state index contributed by atoms with van der Waals surface area (Å²) in [6.45, 7) is 0. The first-order valence-corrected chi connectivity index (χ1v) is 4.94. The molecule has 0 amide bonds. The van der Waals surface area contributed by atoms with E-state index >= 15 is 0 Å². The SMILES string of the molecule is NC1=C([N+](=O)[O-])C(N)c2c(ncc([N+](=O)[O-])c2N)N1. The Morgan fingerprint density at radius 2 is 1.89 bits per heavy atom. The molecule has 1 aromatic heterocycles. The summed E-state index contributed by atoms with van der Waals surface area (Å²) in [5, 5.41) is 24.1. The topological polar surface area (TPSA) is 189 Å². The van der Waals surface area contributed by atoms with Crippen LogP contribution in [-0.4, -0.2) is 14.8 Å². The predicted octanol–water partition coefficient (Wildman–Crippen LogP) is -0.598. The van der Waals surface area contributed by atoms with Gasteiger partial charge in [-0.3, -0.25) is 20.2 Å². The Morgan fingerprint density at radius 3 is 2.42 bits per heavy atom. The molecule has 2 heterocycles. The van der Waals surface area contributed by atoms with Crippen molar-refractivity contribution >= 4 is 17.2 Å². The highest BCUT2D eigenvalue weighted by atomic mass is 16.6. The molecular weight excluding hydrogens is 258 g/mol. The molecule has 100 valence electrons. The van der Waals surface area contributed by atoms with Gasteiger partial charge in [-0.2, -0.15) is 0 Å². The van der Waals surface area contributed by atoms with E-state index in [9.17, 15) is 20.2 Å². The molecule has 0 fully saturated rings. The molecule has 1 atom stereocenters. The van der Waals surface area contributed by atoms with Gasteiger partial charge in [-0.25, -0.2) is 4.98 Å². The largest absolute Gasteiger partial charge is 0.393 e. The fourth-order valence-electron chi connectivity index (χ4n) is 1.80. The van der Waals surface area contributed by atoms with E-state index in [1.807, 2.05) is 0 Å². The number of hydrogen-bond donors (Lipinski definition) is 4. The lowest BCUT2D eigenvalue weighted by molar-refractivity contribution is -0.431. The van der Waals surface area contributed by atoms with Crippen LogP contribution in [0.4, 0.5) is 17.2 Å². The van der Waals surface area contributed by atoms with Crippen LogP contribution < -0.4 is 22.5 Å². The molecule has 2 rings (SSSR count). The maximum absolute atomic E-state index is 10.9. The molecule has 1 aliphatic heterocycles. The normalized spacial score (nSPS) is 17.6. The summed E-state index contributed by atoms with van der Waals surface area (Å²) in [6, 6.07) is -1.29. The minimum Gasteiger partial charge on any atom is -0.393 e. The first kappa shape index (κ1) is 12.5. The van der Waals surface area contributed by atoms with Crippen LogP contribution >= 0.6 is 0 Å². The third kappa shape index (κ3) is 1.77. The van der Waals surface area contributed by atoms with E-state index in [-0.39, 0.29) is 22.9 Å². The maximum Gasteiger partial charge on any atom is 0.310 e. The third-order valence-corrected chi connectivity index (χ3v) is 2.67. The Morgan fingerprint density at radius 1 is 1.26 bits per heavy atom. The zero-order valence-electron chi connectivity index (χ0n) is 9.36. The Bertz CT molecular complexity index is 626. The standard InChI is InChI=1S/C8H9N7O4/c9-4-2(14(16)17)1-12-8-3(4)5(10)6(15(18)19)7(11)13-8/h1,5H,10-11H2,(H3,9,12,13). The van der Waals surface area contributed by atoms with Gasteiger partial charge < -0.3 is 22.5 Å². The van der Waals surface area contributed by atoms with Crippen molar-refractivity contribution in [1.82, 2.24) is 4.98 Å². The Kier molecular flexibility index (Phi) is 2.67. The van der Waals surface area contributed by atoms with Crippen LogP contribution in [0.15, 0.2) is 17.7 Å². The number of aromatic nitrogens is 1. The number of nitrogens with one attached hydrogen (secondary N) is 1. The third-order valence-electron chi connectivity index (χ3n) is 2.67. The molecule has 0 saturated carbocycles. The predicted molar refractivity (Wildman–Crippen MR) is 64.1 cm³/mol. The second-order valence-electron chi connectivity index (χ2n) is 3.74. The summed E-state index contributed by atoms with van der Waals surface area (Å²) in [5.74, 6) is -0.204. The molecule has 1 aliphatic rings. The van der Waals surface area contributed by atoms with E-state index in [1.165, 1.54) is 0 Å². The van der Waals surface area contributed by atoms with Gasteiger partial charge in [0.1, 0.15) is 23.7 Å². The zero-order valence-corrected chi connectivity index (χ0v) is 9.36. The number of nitrogens with zero attached hydrogens (tertiary/aromatic N) is 3. The number of nitrogen functional groups attached to an aromatic ring is 1. The molecule has 1 unspecified atom stereocenters. The van der Waals surface area contributed by atoms with Gasteiger partial charge in [-0.1, -0.05) is 0 Å². The second-order valence-corrected chi connectivity index (χ2v) is 3.74. The van der Waals surface area contributed by atoms with Crippen LogP contribution in [0.5, 0.6) is 0 Å². The number of nitrogens with two attached hydrogens (primary N) is 3. The maximum atomic E-state index is 10.9. The summed E-state index contributed by atoms with van der Waals surface area (Å²) in [5.41, 5.74) is 15.5. The number of anilines is 2. The van der Waals surface area contributed by atoms with Crippen molar-refractivity contribution in [2.24, 2.45) is 11.5 Å². The van der Waals surface area contributed by atoms with Crippen LogP contribution in [0.25, 0.3) is 0 Å². The van der Waals surface area contributed by atoms with Crippen molar-refractivity contribution in [2.45, 2.75) is 6.04 Å². The van der Waals surface area contributed by atoms with E-state index in [1.54, 1.807) is 0 Å². The van der Waals surface area contributed by atoms with Crippen LogP contribution in [0.1, 0.15) is 11.6 Å². The van der Waals surface area contributed by atoms with Gasteiger partial charge in [-0.15, -0.1) is 0 Å². The van der Waals surface area contributed by atoms with Gasteiger partial charge >= 0.3 is 11.4 Å². The molecule has 0 saturated heterocycles. The Labute approximate surface area is 105 Å². The van der Waals surface area contributed by atoms with Crippen molar-refractivity contribution in [3.05, 3.63) is 43.5 Å².